The van der Waals surface area contributed by atoms with Gasteiger partial charge in [-0.05, 0) is 152 Å². The van der Waals surface area contributed by atoms with E-state index in [1.54, 1.807) is 20.8 Å². The van der Waals surface area contributed by atoms with Crippen molar-refractivity contribution in [2.45, 2.75) is 169 Å². The summed E-state index contributed by atoms with van der Waals surface area (Å²) in [6.45, 7) is 4.69. The molecular formula is C82H90Cl2F3N13O26. The number of benzene rings is 6. The molecule has 9 amide bonds. The number of aromatic nitrogens is 1. The van der Waals surface area contributed by atoms with Crippen LogP contribution in [0.2, 0.25) is 10.0 Å². The molecule has 0 aliphatic carbocycles. The zero-order valence-corrected chi connectivity index (χ0v) is 68.8. The van der Waals surface area contributed by atoms with Gasteiger partial charge in [0.1, 0.15) is 101 Å². The fraction of sp³-hybridized carbons (Fsp3) is 0.390. The highest BCUT2D eigenvalue weighted by Gasteiger charge is 2.53. The van der Waals surface area contributed by atoms with E-state index in [-0.39, 0.29) is 59.8 Å². The molecule has 0 saturated carbocycles. The second-order valence-corrected chi connectivity index (χ2v) is 31.7. The van der Waals surface area contributed by atoms with Gasteiger partial charge in [-0.15, -0.1) is 13.2 Å². The van der Waals surface area contributed by atoms with Crippen molar-refractivity contribution >= 4 is 82.1 Å². The number of alkyl halides is 3. The van der Waals surface area contributed by atoms with E-state index in [9.17, 15) is 83.4 Å². The summed E-state index contributed by atoms with van der Waals surface area (Å²) in [5.74, 6) is -17.1. The van der Waals surface area contributed by atoms with Gasteiger partial charge >= 0.3 is 6.36 Å². The van der Waals surface area contributed by atoms with E-state index in [1.807, 2.05) is 0 Å². The van der Waals surface area contributed by atoms with E-state index >= 15 is 24.0 Å². The van der Waals surface area contributed by atoms with Crippen LogP contribution in [0.15, 0.2) is 122 Å². The van der Waals surface area contributed by atoms with Gasteiger partial charge in [0.2, 0.25) is 53.4 Å². The van der Waals surface area contributed by atoms with E-state index in [2.05, 4.69) is 68.4 Å². The fourth-order valence-electron chi connectivity index (χ4n) is 14.9. The molecule has 18 unspecified atom stereocenters. The van der Waals surface area contributed by atoms with Gasteiger partial charge in [-0.1, -0.05) is 55.2 Å². The third-order valence-electron chi connectivity index (χ3n) is 21.3. The average Bonchev–Trinajstić information content (AvgIpc) is 0.768. The molecule has 126 heavy (non-hydrogen) atoms. The summed E-state index contributed by atoms with van der Waals surface area (Å²) < 4.78 is 81.9. The number of anilines is 1. The Morgan fingerprint density at radius 2 is 1.36 bits per heavy atom. The normalized spacial score (nSPS) is 25.9. The van der Waals surface area contributed by atoms with Crippen molar-refractivity contribution in [3.8, 4) is 62.9 Å². The summed E-state index contributed by atoms with van der Waals surface area (Å²) in [4.78, 5) is 137. The molecule has 674 valence electrons. The zero-order chi connectivity index (χ0) is 91.2. The van der Waals surface area contributed by atoms with Crippen LogP contribution in [0.1, 0.15) is 121 Å². The van der Waals surface area contributed by atoms with E-state index in [0.717, 1.165) is 97.1 Å². The van der Waals surface area contributed by atoms with Gasteiger partial charge in [0, 0.05) is 54.0 Å². The first-order valence-corrected chi connectivity index (χ1v) is 39.9. The number of carbonyl (C=O) groups excluding carboxylic acids is 9. The van der Waals surface area contributed by atoms with Gasteiger partial charge in [0.15, 0.2) is 23.9 Å². The molecule has 6 aromatic carbocycles. The number of pyridine rings is 1. The second-order valence-electron chi connectivity index (χ2n) is 30.9. The van der Waals surface area contributed by atoms with Crippen LogP contribution < -0.4 is 83.4 Å². The number of aliphatic hydroxyl groups excluding tert-OH is 7. The molecule has 2 saturated heterocycles. The Morgan fingerprint density at radius 3 is 1.98 bits per heavy atom. The number of nitrogens with two attached hydrogens (primary N) is 1. The number of rotatable bonds is 22. The fourth-order valence-corrected chi connectivity index (χ4v) is 15.4. The highest BCUT2D eigenvalue weighted by molar-refractivity contribution is 6.32. The minimum absolute atomic E-state index is 0.0398. The molecular weight excluding hydrogens is 1710 g/mol. The van der Waals surface area contributed by atoms with Crippen LogP contribution in [0, 0.1) is 5.92 Å². The number of likely N-dealkylation sites (N-methyl/N-ethyl adjacent to an activating group) is 1. The summed E-state index contributed by atoms with van der Waals surface area (Å²) in [6, 6.07) is 4.82. The molecule has 18 atom stereocenters. The van der Waals surface area contributed by atoms with Crippen LogP contribution in [-0.2, 0) is 59.1 Å². The molecule has 0 radical (unpaired) electrons. The Morgan fingerprint density at radius 1 is 0.714 bits per heavy atom. The molecule has 39 nitrogen and oxygen atoms in total. The van der Waals surface area contributed by atoms with Gasteiger partial charge in [-0.25, -0.2) is 5.43 Å². The number of hydrogen-bond acceptors (Lipinski definition) is 30. The van der Waals surface area contributed by atoms with Crippen molar-refractivity contribution in [1.29, 1.82) is 0 Å². The van der Waals surface area contributed by atoms with Crippen molar-refractivity contribution in [2.75, 3.05) is 32.1 Å². The Labute approximate surface area is 724 Å². The Hall–Kier alpha value is -11.9. The van der Waals surface area contributed by atoms with Crippen LogP contribution in [0.4, 0.5) is 18.9 Å². The predicted octanol–water partition coefficient (Wildman–Crippen LogP) is 2.01. The number of carbonyl (C=O) groups is 9. The van der Waals surface area contributed by atoms with Crippen molar-refractivity contribution < 1.29 is 141 Å². The van der Waals surface area contributed by atoms with E-state index in [0.29, 0.717) is 5.56 Å². The van der Waals surface area contributed by atoms with Gasteiger partial charge in [0.05, 0.1) is 59.8 Å². The number of aromatic hydroxyl groups is 3. The van der Waals surface area contributed by atoms with Gasteiger partial charge in [-0.3, -0.25) is 53.6 Å². The standard InChI is InChI=1S/C82H90Cl2F3N13O26/c1-33(2)18-48(89-5)73(113)98-63-65(107)38-9-14-52(46(83)21-38)121-54-23-40-24-55(69(54)125-80-70(68(110)67(109)56(32-102)123-80)124-58-28-81(4,71(111)34(3)120-58)91-30-35-19-41(31-90-29-35)93-72(112)36-6-11-43(12-7-36)126-82(85,86)87)122-53-15-10-39(22-47(53)84)66(108)64-78(118)97-62(79(119)100-92-16-17-101)45-25-42(103)26-51(105)59(45)44-20-37(8-13-50(44)104)60(75(115)99-64)96-76(116)61(40)95-74(114)49(27-57(88)106)94-77(63)117/h6-15,19-26,29,31,33-34,48-49,56,58,60-68,70-71,80,89,91-92,101-105,107-111H,16-18,27-28,30,32H2,1-5H3,(H2,88,106)(H,93,112)(H,94,117)(H,95,114)(H,96,116)(H,97,118)(H,98,113)(H,99,115)(H,100,119). The predicted molar refractivity (Wildman–Crippen MR) is 433 cm³/mol. The lowest BCUT2D eigenvalue weighted by atomic mass is 9.84. The first-order chi connectivity index (χ1) is 59.7. The number of primary amides is 1. The number of ether oxygens (including phenoxy) is 7. The smallest absolute Gasteiger partial charge is 0.508 e. The summed E-state index contributed by atoms with van der Waals surface area (Å²) >= 11 is 14.3. The number of aliphatic hydroxyl groups is 7. The maximum atomic E-state index is 16.3. The largest absolute Gasteiger partial charge is 0.573 e. The topological polar surface area (TPSA) is 592 Å². The average molecular weight is 1800 g/mol. The Bertz CT molecular complexity index is 5280. The molecule has 44 heteroatoms. The number of hydrazine groups is 1. The number of hydrogen-bond donors (Lipinski definition) is 22. The van der Waals surface area contributed by atoms with Gasteiger partial charge in [-0.2, -0.15) is 0 Å². The molecule has 7 aromatic rings. The number of amides is 9. The lowest BCUT2D eigenvalue weighted by molar-refractivity contribution is -0.334. The lowest BCUT2D eigenvalue weighted by Gasteiger charge is -2.48. The number of fused-ring (bicyclic) bond motifs is 15. The molecule has 23 N–H and O–H groups in total. The zero-order valence-electron chi connectivity index (χ0n) is 67.3. The van der Waals surface area contributed by atoms with Gasteiger partial charge < -0.3 is 138 Å². The molecule has 0 spiro atoms. The van der Waals surface area contributed by atoms with Crippen LogP contribution in [0.5, 0.6) is 51.7 Å². The van der Waals surface area contributed by atoms with Crippen molar-refractivity contribution in [2.24, 2.45) is 11.7 Å². The van der Waals surface area contributed by atoms with Crippen LogP contribution in [0.3, 0.4) is 0 Å². The third-order valence-corrected chi connectivity index (χ3v) is 21.9. The summed E-state index contributed by atoms with van der Waals surface area (Å²) in [7, 11) is 1.46. The first-order valence-electron chi connectivity index (χ1n) is 39.2. The number of nitrogens with zero attached hydrogens (tertiary/aromatic N) is 1. The molecule has 7 aliphatic rings. The minimum Gasteiger partial charge on any atom is -0.508 e. The maximum absolute atomic E-state index is 16.3. The number of nitrogens with one attached hydrogen (secondary N) is 11. The quantitative estimate of drug-likeness (QED) is 0.0341. The van der Waals surface area contributed by atoms with E-state index in [1.165, 1.54) is 38.5 Å². The van der Waals surface area contributed by atoms with Crippen LogP contribution >= 0.6 is 23.2 Å². The molecule has 8 heterocycles. The SMILES string of the molecule is CNC(CC(C)C)C(=O)NC1C(=O)NC(CC(N)=O)C(=O)NC2C(=O)NC3C(=O)NC(C(=O)NC(C(=O)NNCCO)c4cc(O)cc(O)c4-c4cc3ccc4O)C(O)c3ccc(c(Cl)c3)Oc3cc2cc(c3OC2OC(CO)C(O)C(O)C2OC2CC(C)(NCc3cncc(NC(=O)c4ccc(OC(F)(F)F)cc4)c3)C(O)C(C)O2)Oc2ccc(cc2Cl)C1O. The molecule has 14 rings (SSSR count). The monoisotopic (exact) mass is 1800 g/mol. The molecule has 2 fully saturated rings. The number of phenolic OH excluding ortho intramolecular Hbond substituents is 3. The number of phenols is 3. The Kier molecular flexibility index (Phi) is 29.1. The summed E-state index contributed by atoms with van der Waals surface area (Å²) in [5, 5.41) is 139. The van der Waals surface area contributed by atoms with Crippen LogP contribution in [-0.4, -0.2) is 221 Å². The summed E-state index contributed by atoms with van der Waals surface area (Å²) in [6.07, 6.45) is -22.1. The first kappa shape index (κ1) is 93.3. The van der Waals surface area contributed by atoms with Crippen LogP contribution in [0.25, 0.3) is 11.1 Å². The highest BCUT2D eigenvalue weighted by Crippen LogP contribution is 2.50. The second kappa shape index (κ2) is 39.4. The molecule has 7 aliphatic heterocycles. The molecule has 11 bridgehead atoms. The maximum Gasteiger partial charge on any atom is 0.573 e. The number of halogens is 5. The third kappa shape index (κ3) is 21.5. The minimum atomic E-state index is -4.98. The van der Waals surface area contributed by atoms with Crippen molar-refractivity contribution in [3.63, 3.8) is 0 Å². The van der Waals surface area contributed by atoms with E-state index in [4.69, 9.17) is 57.4 Å². The van der Waals surface area contributed by atoms with Crippen molar-refractivity contribution in [1.82, 2.24) is 58.4 Å². The van der Waals surface area contributed by atoms with E-state index < -0.39 is 272 Å². The lowest BCUT2D eigenvalue weighted by Crippen LogP contribution is -2.65. The highest BCUT2D eigenvalue weighted by atomic mass is 35.5. The molecule has 1 aromatic heterocycles. The van der Waals surface area contributed by atoms with Crippen molar-refractivity contribution in [3.05, 3.63) is 171 Å². The van der Waals surface area contributed by atoms with Gasteiger partial charge in [0.25, 0.3) is 11.8 Å². The summed E-state index contributed by atoms with van der Waals surface area (Å²) in [5.41, 5.74) is 6.76. The Balaban J connectivity index is 1.01.